The molecule has 0 atom stereocenters. The van der Waals surface area contributed by atoms with Crippen LogP contribution in [0.25, 0.3) is 6.08 Å². The molecule has 0 aromatic heterocycles. The molecule has 3 N–H and O–H groups in total. The predicted molar refractivity (Wildman–Crippen MR) is 125 cm³/mol. The summed E-state index contributed by atoms with van der Waals surface area (Å²) in [4.78, 5) is 25.2. The van der Waals surface area contributed by atoms with Gasteiger partial charge < -0.3 is 20.5 Å². The van der Waals surface area contributed by atoms with Gasteiger partial charge in [0, 0.05) is 12.1 Å². The van der Waals surface area contributed by atoms with E-state index < -0.39 is 35.3 Å². The summed E-state index contributed by atoms with van der Waals surface area (Å²) in [5, 5.41) is 13.7. The van der Waals surface area contributed by atoms with Crippen molar-refractivity contribution >= 4 is 17.9 Å². The first kappa shape index (κ1) is 28.3. The Kier molecular flexibility index (Phi) is 8.79. The summed E-state index contributed by atoms with van der Waals surface area (Å²) in [6.45, 7) is -0.511. The first-order valence-corrected chi connectivity index (χ1v) is 10.9. The SMILES string of the molecule is O=C(NCCO)/C(=C/c1ccc(C(F)(F)F)cc1)NC(=O)c1ccc(Oc2ccc(C(F)(F)F)cc2)cc1. The average molecular weight is 538 g/mol. The Labute approximate surface area is 212 Å². The third kappa shape index (κ3) is 7.84. The van der Waals surface area contributed by atoms with Crippen molar-refractivity contribution < 1.29 is 45.8 Å². The van der Waals surface area contributed by atoms with Crippen LogP contribution in [0.3, 0.4) is 0 Å². The summed E-state index contributed by atoms with van der Waals surface area (Å²) in [5.74, 6) is -1.15. The second-order valence-corrected chi connectivity index (χ2v) is 7.76. The summed E-state index contributed by atoms with van der Waals surface area (Å²) in [6, 6.07) is 13.4. The number of hydrogen-bond acceptors (Lipinski definition) is 4. The standard InChI is InChI=1S/C26H20F6N2O4/c27-25(28,29)18-5-1-16(2-6-18)15-22(24(37)33-13-14-35)34-23(36)17-3-9-20(10-4-17)38-21-11-7-19(8-12-21)26(30,31)32/h1-12,15,35H,13-14H2,(H,33,37)(H,34,36)/b22-15-. The minimum atomic E-state index is -4.54. The van der Waals surface area contributed by atoms with Crippen LogP contribution in [0.4, 0.5) is 26.3 Å². The number of amides is 2. The first-order valence-electron chi connectivity index (χ1n) is 10.9. The normalized spacial score (nSPS) is 12.1. The summed E-state index contributed by atoms with van der Waals surface area (Å²) in [7, 11) is 0. The molecular formula is C26H20F6N2O4. The van der Waals surface area contributed by atoms with Crippen molar-refractivity contribution in [1.82, 2.24) is 10.6 Å². The van der Waals surface area contributed by atoms with E-state index in [2.05, 4.69) is 10.6 Å². The maximum Gasteiger partial charge on any atom is 0.416 e. The van der Waals surface area contributed by atoms with E-state index in [0.717, 1.165) is 48.5 Å². The molecular weight excluding hydrogens is 518 g/mol. The lowest BCUT2D eigenvalue weighted by Crippen LogP contribution is -2.36. The number of halogens is 6. The number of aliphatic hydroxyl groups excluding tert-OH is 1. The zero-order valence-corrected chi connectivity index (χ0v) is 19.4. The van der Waals surface area contributed by atoms with Gasteiger partial charge >= 0.3 is 12.4 Å². The highest BCUT2D eigenvalue weighted by Crippen LogP contribution is 2.32. The first-order chi connectivity index (χ1) is 17.9. The van der Waals surface area contributed by atoms with E-state index >= 15 is 0 Å². The summed E-state index contributed by atoms with van der Waals surface area (Å²) >= 11 is 0. The number of aliphatic hydroxyl groups is 1. The van der Waals surface area contributed by atoms with Crippen molar-refractivity contribution in [2.75, 3.05) is 13.2 Å². The third-order valence-electron chi connectivity index (χ3n) is 4.97. The van der Waals surface area contributed by atoms with Crippen molar-refractivity contribution in [3.05, 3.63) is 101 Å². The molecule has 0 saturated heterocycles. The molecule has 3 aromatic carbocycles. The van der Waals surface area contributed by atoms with Gasteiger partial charge in [0.15, 0.2) is 0 Å². The maximum absolute atomic E-state index is 12.8. The lowest BCUT2D eigenvalue weighted by atomic mass is 10.1. The zero-order valence-electron chi connectivity index (χ0n) is 19.4. The van der Waals surface area contributed by atoms with Crippen LogP contribution >= 0.6 is 0 Å². The van der Waals surface area contributed by atoms with E-state index in [9.17, 15) is 35.9 Å². The van der Waals surface area contributed by atoms with E-state index in [1.165, 1.54) is 30.3 Å². The Balaban J connectivity index is 1.74. The fourth-order valence-corrected chi connectivity index (χ4v) is 3.07. The second kappa shape index (κ2) is 11.8. The summed E-state index contributed by atoms with van der Waals surface area (Å²) in [5.41, 5.74) is -1.72. The smallest absolute Gasteiger partial charge is 0.416 e. The molecule has 200 valence electrons. The van der Waals surface area contributed by atoms with E-state index in [-0.39, 0.29) is 41.5 Å². The number of carbonyl (C=O) groups is 2. The molecule has 3 rings (SSSR count). The number of rotatable bonds is 8. The lowest BCUT2D eigenvalue weighted by Gasteiger charge is -2.12. The summed E-state index contributed by atoms with van der Waals surface area (Å²) in [6.07, 6.45) is -7.85. The topological polar surface area (TPSA) is 87.7 Å². The Bertz CT molecular complexity index is 1280. The van der Waals surface area contributed by atoms with Crippen LogP contribution in [0.2, 0.25) is 0 Å². The van der Waals surface area contributed by atoms with Crippen LogP contribution in [0.1, 0.15) is 27.0 Å². The third-order valence-corrected chi connectivity index (χ3v) is 4.97. The molecule has 0 fully saturated rings. The van der Waals surface area contributed by atoms with Crippen molar-refractivity contribution in [2.45, 2.75) is 12.4 Å². The Morgan fingerprint density at radius 2 is 1.24 bits per heavy atom. The fraction of sp³-hybridized carbons (Fsp3) is 0.154. The van der Waals surface area contributed by atoms with E-state index in [4.69, 9.17) is 9.84 Å². The van der Waals surface area contributed by atoms with Gasteiger partial charge in [-0.05, 0) is 72.3 Å². The van der Waals surface area contributed by atoms with Gasteiger partial charge in [-0.15, -0.1) is 0 Å². The van der Waals surface area contributed by atoms with Gasteiger partial charge in [0.05, 0.1) is 17.7 Å². The molecule has 12 heteroatoms. The fourth-order valence-electron chi connectivity index (χ4n) is 3.07. The number of carbonyl (C=O) groups excluding carboxylic acids is 2. The number of nitrogens with one attached hydrogen (secondary N) is 2. The molecule has 0 spiro atoms. The van der Waals surface area contributed by atoms with Gasteiger partial charge in [-0.3, -0.25) is 9.59 Å². The van der Waals surface area contributed by atoms with E-state index in [1.54, 1.807) is 0 Å². The lowest BCUT2D eigenvalue weighted by molar-refractivity contribution is -0.138. The van der Waals surface area contributed by atoms with Crippen LogP contribution in [0.15, 0.2) is 78.5 Å². The van der Waals surface area contributed by atoms with Crippen molar-refractivity contribution in [1.29, 1.82) is 0 Å². The van der Waals surface area contributed by atoms with E-state index in [0.29, 0.717) is 0 Å². The van der Waals surface area contributed by atoms with Crippen LogP contribution in [-0.2, 0) is 17.1 Å². The quantitative estimate of drug-likeness (QED) is 0.265. The van der Waals surface area contributed by atoms with Crippen LogP contribution in [-0.4, -0.2) is 30.1 Å². The van der Waals surface area contributed by atoms with Gasteiger partial charge in [0.25, 0.3) is 11.8 Å². The average Bonchev–Trinajstić information content (AvgIpc) is 2.87. The molecule has 6 nitrogen and oxygen atoms in total. The largest absolute Gasteiger partial charge is 0.457 e. The zero-order chi connectivity index (χ0) is 27.9. The molecule has 0 aliphatic carbocycles. The molecule has 2 amide bonds. The number of benzene rings is 3. The highest BCUT2D eigenvalue weighted by molar-refractivity contribution is 6.05. The van der Waals surface area contributed by atoms with Crippen molar-refractivity contribution in [3.63, 3.8) is 0 Å². The number of hydrogen-bond donors (Lipinski definition) is 3. The van der Waals surface area contributed by atoms with Crippen LogP contribution < -0.4 is 15.4 Å². The number of alkyl halides is 6. The minimum absolute atomic E-state index is 0.0815. The van der Waals surface area contributed by atoms with Crippen molar-refractivity contribution in [2.24, 2.45) is 0 Å². The molecule has 0 aliphatic rings. The predicted octanol–water partition coefficient (Wildman–Crippen LogP) is 5.40. The van der Waals surface area contributed by atoms with Gasteiger partial charge in [0.2, 0.25) is 0 Å². The van der Waals surface area contributed by atoms with Gasteiger partial charge in [-0.1, -0.05) is 12.1 Å². The van der Waals surface area contributed by atoms with Gasteiger partial charge in [-0.25, -0.2) is 0 Å². The van der Waals surface area contributed by atoms with Crippen LogP contribution in [0.5, 0.6) is 11.5 Å². The minimum Gasteiger partial charge on any atom is -0.457 e. The Hall–Kier alpha value is -4.32. The monoisotopic (exact) mass is 538 g/mol. The Morgan fingerprint density at radius 1 is 0.763 bits per heavy atom. The molecule has 0 heterocycles. The highest BCUT2D eigenvalue weighted by atomic mass is 19.4. The molecule has 0 aliphatic heterocycles. The maximum atomic E-state index is 12.8. The molecule has 0 unspecified atom stereocenters. The molecule has 0 radical (unpaired) electrons. The highest BCUT2D eigenvalue weighted by Gasteiger charge is 2.30. The Morgan fingerprint density at radius 3 is 1.71 bits per heavy atom. The van der Waals surface area contributed by atoms with Gasteiger partial charge in [-0.2, -0.15) is 26.3 Å². The van der Waals surface area contributed by atoms with Crippen molar-refractivity contribution in [3.8, 4) is 11.5 Å². The van der Waals surface area contributed by atoms with Gasteiger partial charge in [0.1, 0.15) is 17.2 Å². The molecule has 38 heavy (non-hydrogen) atoms. The number of ether oxygens (including phenoxy) is 1. The van der Waals surface area contributed by atoms with E-state index in [1.807, 2.05) is 0 Å². The second-order valence-electron chi connectivity index (χ2n) is 7.76. The summed E-state index contributed by atoms with van der Waals surface area (Å²) < 4.78 is 82.0. The molecule has 3 aromatic rings. The molecule has 0 bridgehead atoms. The molecule has 0 saturated carbocycles. The van der Waals surface area contributed by atoms with Crippen LogP contribution in [0, 0.1) is 0 Å².